The molecule has 0 aromatic carbocycles. The molecule has 0 spiro atoms. The van der Waals surface area contributed by atoms with E-state index in [1.54, 1.807) is 25.1 Å². The Bertz CT molecular complexity index is 797. The first-order valence-corrected chi connectivity index (χ1v) is 9.67. The maximum absolute atomic E-state index is 12.4. The first kappa shape index (κ1) is 20.7. The number of pyridine rings is 1. The summed E-state index contributed by atoms with van der Waals surface area (Å²) in [7, 11) is 3.51. The van der Waals surface area contributed by atoms with E-state index in [-0.39, 0.29) is 18.4 Å². The average molecular weight is 374 g/mol. The molecule has 0 aliphatic heterocycles. The number of imidazole rings is 1. The Hall–Kier alpha value is -2.57. The van der Waals surface area contributed by atoms with Crippen LogP contribution in [-0.4, -0.2) is 59.8 Å². The number of anilines is 1. The zero-order valence-electron chi connectivity index (χ0n) is 17.1. The van der Waals surface area contributed by atoms with Gasteiger partial charge in [-0.25, -0.2) is 4.98 Å². The van der Waals surface area contributed by atoms with Crippen LogP contribution in [-0.2, 0) is 11.2 Å². The number of nitrogens with zero attached hydrogens (tertiary/aromatic N) is 4. The van der Waals surface area contributed by atoms with Gasteiger partial charge in [0.25, 0.3) is 5.91 Å². The molecule has 0 fully saturated rings. The van der Waals surface area contributed by atoms with Crippen molar-refractivity contribution in [2.75, 3.05) is 38.6 Å². The number of unbranched alkanes of at least 4 members (excludes halogenated alkanes) is 1. The van der Waals surface area contributed by atoms with E-state index in [1.807, 2.05) is 35.4 Å². The Morgan fingerprint density at radius 1 is 1.19 bits per heavy atom. The first-order chi connectivity index (χ1) is 12.9. The van der Waals surface area contributed by atoms with Gasteiger partial charge < -0.3 is 15.1 Å². The van der Waals surface area contributed by atoms with E-state index in [2.05, 4.69) is 12.2 Å². The third-order valence-corrected chi connectivity index (χ3v) is 4.58. The normalized spacial score (nSPS) is 10.9. The molecule has 0 saturated heterocycles. The van der Waals surface area contributed by atoms with Gasteiger partial charge in [0.05, 0.1) is 17.8 Å². The summed E-state index contributed by atoms with van der Waals surface area (Å²) in [5.74, 6) is 0.825. The molecule has 0 saturated carbocycles. The van der Waals surface area contributed by atoms with Crippen molar-refractivity contribution in [3.05, 3.63) is 29.6 Å². The van der Waals surface area contributed by atoms with Gasteiger partial charge in [0.1, 0.15) is 11.5 Å². The number of fused-ring (bicyclic) bond motifs is 1. The largest absolute Gasteiger partial charge is 0.352 e. The Balaban J connectivity index is 2.42. The minimum absolute atomic E-state index is 0.0299. The van der Waals surface area contributed by atoms with E-state index in [1.165, 1.54) is 0 Å². The molecule has 2 amide bonds. The van der Waals surface area contributed by atoms with E-state index < -0.39 is 0 Å². The minimum Gasteiger partial charge on any atom is -0.352 e. The lowest BCUT2D eigenvalue weighted by molar-refractivity contribution is -0.127. The van der Waals surface area contributed by atoms with Crippen LogP contribution in [0.2, 0.25) is 0 Å². The van der Waals surface area contributed by atoms with Crippen molar-refractivity contribution in [1.82, 2.24) is 19.6 Å². The quantitative estimate of drug-likeness (QED) is 0.685. The third-order valence-electron chi connectivity index (χ3n) is 4.58. The molecule has 1 N–H and O–H groups in total. The van der Waals surface area contributed by atoms with Gasteiger partial charge in [0, 0.05) is 33.4 Å². The first-order valence-electron chi connectivity index (χ1n) is 9.67. The number of carbonyl (C=O) groups is 2. The lowest BCUT2D eigenvalue weighted by atomic mass is 10.2. The highest BCUT2D eigenvalue weighted by Crippen LogP contribution is 2.24. The van der Waals surface area contributed by atoms with Crippen LogP contribution in [0, 0.1) is 0 Å². The second-order valence-corrected chi connectivity index (χ2v) is 6.79. The lowest BCUT2D eigenvalue weighted by Gasteiger charge is -2.24. The van der Waals surface area contributed by atoms with E-state index in [4.69, 9.17) is 4.98 Å². The van der Waals surface area contributed by atoms with Gasteiger partial charge in [-0.05, 0) is 31.9 Å². The number of hydrogen-bond acceptors (Lipinski definition) is 4. The molecule has 2 heterocycles. The third kappa shape index (κ3) is 4.78. The van der Waals surface area contributed by atoms with Gasteiger partial charge >= 0.3 is 0 Å². The number of amides is 2. The maximum Gasteiger partial charge on any atom is 0.252 e. The second kappa shape index (κ2) is 9.39. The molecule has 2 aromatic heterocycles. The second-order valence-electron chi connectivity index (χ2n) is 6.79. The number of aryl methyl sites for hydroxylation is 1. The van der Waals surface area contributed by atoms with Crippen molar-refractivity contribution in [1.29, 1.82) is 0 Å². The van der Waals surface area contributed by atoms with Crippen LogP contribution in [0.3, 0.4) is 0 Å². The monoisotopic (exact) mass is 373 g/mol. The summed E-state index contributed by atoms with van der Waals surface area (Å²) in [6.45, 7) is 7.78. The van der Waals surface area contributed by atoms with Crippen molar-refractivity contribution < 1.29 is 9.59 Å². The number of hydrogen-bond donors (Lipinski definition) is 1. The van der Waals surface area contributed by atoms with Gasteiger partial charge in [-0.3, -0.25) is 14.0 Å². The van der Waals surface area contributed by atoms with Crippen LogP contribution in [0.1, 0.15) is 49.7 Å². The van der Waals surface area contributed by atoms with Crippen LogP contribution < -0.4 is 10.2 Å². The molecule has 2 rings (SSSR count). The zero-order chi connectivity index (χ0) is 20.0. The maximum atomic E-state index is 12.4. The Morgan fingerprint density at radius 2 is 1.93 bits per heavy atom. The molecular formula is C20H31N5O2. The fourth-order valence-electron chi connectivity index (χ4n) is 2.91. The molecule has 0 radical (unpaired) electrons. The van der Waals surface area contributed by atoms with Gasteiger partial charge in [-0.1, -0.05) is 20.3 Å². The van der Waals surface area contributed by atoms with Crippen LogP contribution in [0.5, 0.6) is 0 Å². The number of rotatable bonds is 9. The highest BCUT2D eigenvalue weighted by molar-refractivity contribution is 5.94. The molecular weight excluding hydrogens is 342 g/mol. The molecule has 27 heavy (non-hydrogen) atoms. The van der Waals surface area contributed by atoms with Gasteiger partial charge in [-0.15, -0.1) is 0 Å². The van der Waals surface area contributed by atoms with Crippen LogP contribution in [0.4, 0.5) is 5.82 Å². The smallest absolute Gasteiger partial charge is 0.252 e. The molecule has 0 aliphatic carbocycles. The Morgan fingerprint density at radius 3 is 2.52 bits per heavy atom. The number of carbonyl (C=O) groups excluding carboxylic acids is 2. The molecule has 0 aliphatic rings. The van der Waals surface area contributed by atoms with Crippen molar-refractivity contribution in [2.24, 2.45) is 0 Å². The highest BCUT2D eigenvalue weighted by Gasteiger charge is 2.20. The van der Waals surface area contributed by atoms with Gasteiger partial charge in [0.15, 0.2) is 0 Å². The molecule has 0 atom stereocenters. The van der Waals surface area contributed by atoms with E-state index in [0.717, 1.165) is 36.4 Å². The topological polar surface area (TPSA) is 70.0 Å². The fourth-order valence-corrected chi connectivity index (χ4v) is 2.91. The van der Waals surface area contributed by atoms with Gasteiger partial charge in [-0.2, -0.15) is 0 Å². The standard InChI is InChI=1S/C20H31N5O2/c1-6-9-12-21-19(27)15-10-11-17-22-16(7-2)20(25(17)13-15)24(8-3)14-18(26)23(4)5/h10-11,13H,6-9,12,14H2,1-5H3,(H,21,27). The Labute approximate surface area is 161 Å². The van der Waals surface area contributed by atoms with Crippen LogP contribution in [0.15, 0.2) is 18.3 Å². The number of aromatic nitrogens is 2. The van der Waals surface area contributed by atoms with Crippen molar-refractivity contribution >= 4 is 23.3 Å². The number of nitrogens with one attached hydrogen (secondary N) is 1. The summed E-state index contributed by atoms with van der Waals surface area (Å²) in [5, 5.41) is 2.95. The summed E-state index contributed by atoms with van der Waals surface area (Å²) in [5.41, 5.74) is 2.30. The number of likely N-dealkylation sites (N-methyl/N-ethyl adjacent to an activating group) is 2. The predicted octanol–water partition coefficient (Wildman–Crippen LogP) is 2.34. The van der Waals surface area contributed by atoms with Crippen molar-refractivity contribution in [2.45, 2.75) is 40.0 Å². The van der Waals surface area contributed by atoms with Crippen LogP contribution in [0.25, 0.3) is 5.65 Å². The predicted molar refractivity (Wildman–Crippen MR) is 108 cm³/mol. The molecule has 7 heteroatoms. The van der Waals surface area contributed by atoms with Crippen molar-refractivity contribution in [3.63, 3.8) is 0 Å². The summed E-state index contributed by atoms with van der Waals surface area (Å²) < 4.78 is 1.93. The molecule has 148 valence electrons. The van der Waals surface area contributed by atoms with Gasteiger partial charge in [0.2, 0.25) is 5.91 Å². The fraction of sp³-hybridized carbons (Fsp3) is 0.550. The Kier molecular flexibility index (Phi) is 7.21. The van der Waals surface area contributed by atoms with Crippen LogP contribution >= 0.6 is 0 Å². The summed E-state index contributed by atoms with van der Waals surface area (Å²) in [6.07, 6.45) is 4.57. The average Bonchev–Trinajstić information content (AvgIpc) is 3.03. The summed E-state index contributed by atoms with van der Waals surface area (Å²) in [4.78, 5) is 33.0. The SMILES string of the molecule is CCCCNC(=O)c1ccc2nc(CC)c(N(CC)CC(=O)N(C)C)n2c1. The molecule has 2 aromatic rings. The molecule has 0 bridgehead atoms. The summed E-state index contributed by atoms with van der Waals surface area (Å²) in [6, 6.07) is 3.66. The highest BCUT2D eigenvalue weighted by atomic mass is 16.2. The van der Waals surface area contributed by atoms with E-state index in [9.17, 15) is 9.59 Å². The minimum atomic E-state index is -0.0875. The molecule has 0 unspecified atom stereocenters. The van der Waals surface area contributed by atoms with E-state index in [0.29, 0.717) is 18.7 Å². The lowest BCUT2D eigenvalue weighted by Crippen LogP contribution is -2.37. The summed E-state index contributed by atoms with van der Waals surface area (Å²) >= 11 is 0. The van der Waals surface area contributed by atoms with Crippen molar-refractivity contribution in [3.8, 4) is 0 Å². The van der Waals surface area contributed by atoms with E-state index >= 15 is 0 Å². The zero-order valence-corrected chi connectivity index (χ0v) is 17.1. The molecule has 7 nitrogen and oxygen atoms in total.